The number of hydrogen-bond donors (Lipinski definition) is 3. The van der Waals surface area contributed by atoms with Crippen molar-refractivity contribution in [2.45, 2.75) is 18.7 Å². The molecule has 0 bridgehead atoms. The van der Waals surface area contributed by atoms with E-state index in [1.165, 1.54) is 0 Å². The van der Waals surface area contributed by atoms with Gasteiger partial charge in [0.05, 0.1) is 23.6 Å². The van der Waals surface area contributed by atoms with E-state index in [4.69, 9.17) is 0 Å². The standard InChI is InChI=1S/C13H15BrN4O3S/c1-8-13(9(2)18-17-8)22(20,21)15-7-12(19)16-11-6-4-3-5-10(11)14/h3-6,15H,7H2,1-2H3,(H,16,19)(H,17,18). The van der Waals surface area contributed by atoms with Crippen molar-refractivity contribution in [3.05, 3.63) is 40.1 Å². The molecule has 0 spiro atoms. The predicted octanol–water partition coefficient (Wildman–Crippen LogP) is 1.71. The maximum Gasteiger partial charge on any atom is 0.244 e. The minimum absolute atomic E-state index is 0.0705. The van der Waals surface area contributed by atoms with Crippen LogP contribution in [0.15, 0.2) is 33.6 Å². The molecule has 9 heteroatoms. The molecule has 0 atom stereocenters. The number of anilines is 1. The van der Waals surface area contributed by atoms with Crippen LogP contribution >= 0.6 is 15.9 Å². The third kappa shape index (κ3) is 3.73. The average Bonchev–Trinajstić information content (AvgIpc) is 2.79. The molecule has 0 aliphatic carbocycles. The monoisotopic (exact) mass is 386 g/mol. The Labute approximate surface area is 136 Å². The molecule has 3 N–H and O–H groups in total. The third-order valence-corrected chi connectivity index (χ3v) is 5.25. The van der Waals surface area contributed by atoms with Crippen molar-refractivity contribution in [2.75, 3.05) is 11.9 Å². The van der Waals surface area contributed by atoms with Gasteiger partial charge in [0.15, 0.2) is 0 Å². The zero-order chi connectivity index (χ0) is 16.3. The van der Waals surface area contributed by atoms with E-state index in [0.717, 1.165) is 0 Å². The van der Waals surface area contributed by atoms with Crippen molar-refractivity contribution in [1.29, 1.82) is 0 Å². The molecule has 0 radical (unpaired) electrons. The highest BCUT2D eigenvalue weighted by molar-refractivity contribution is 9.10. The molecule has 0 aliphatic rings. The second-order valence-corrected chi connectivity index (χ2v) is 7.17. The SMILES string of the molecule is Cc1n[nH]c(C)c1S(=O)(=O)NCC(=O)Nc1ccccc1Br. The molecule has 118 valence electrons. The van der Waals surface area contributed by atoms with E-state index in [1.807, 2.05) is 6.07 Å². The van der Waals surface area contributed by atoms with Gasteiger partial charge in [0.1, 0.15) is 4.90 Å². The number of benzene rings is 1. The number of aromatic amines is 1. The van der Waals surface area contributed by atoms with Crippen molar-refractivity contribution in [3.63, 3.8) is 0 Å². The van der Waals surface area contributed by atoms with E-state index in [2.05, 4.69) is 36.2 Å². The van der Waals surface area contributed by atoms with E-state index in [-0.39, 0.29) is 11.4 Å². The summed E-state index contributed by atoms with van der Waals surface area (Å²) in [5, 5.41) is 9.06. The number of hydrogen-bond acceptors (Lipinski definition) is 4. The second kappa shape index (κ2) is 6.59. The van der Waals surface area contributed by atoms with Crippen molar-refractivity contribution in [3.8, 4) is 0 Å². The zero-order valence-corrected chi connectivity index (χ0v) is 14.4. The first-order valence-corrected chi connectivity index (χ1v) is 8.64. The topological polar surface area (TPSA) is 104 Å². The Morgan fingerprint density at radius 2 is 2.00 bits per heavy atom. The molecule has 1 heterocycles. The molecule has 0 aliphatic heterocycles. The Morgan fingerprint density at radius 3 is 2.59 bits per heavy atom. The van der Waals surface area contributed by atoms with Crippen molar-refractivity contribution < 1.29 is 13.2 Å². The minimum atomic E-state index is -3.79. The lowest BCUT2D eigenvalue weighted by Gasteiger charge is -2.09. The second-order valence-electron chi connectivity index (χ2n) is 4.62. The van der Waals surface area contributed by atoms with Crippen molar-refractivity contribution in [1.82, 2.24) is 14.9 Å². The molecule has 2 rings (SSSR count). The van der Waals surface area contributed by atoms with Crippen LogP contribution in [0, 0.1) is 13.8 Å². The number of rotatable bonds is 5. The molecule has 1 aromatic heterocycles. The summed E-state index contributed by atoms with van der Waals surface area (Å²) in [5.41, 5.74) is 1.36. The van der Waals surface area contributed by atoms with Crippen LogP contribution in [0.5, 0.6) is 0 Å². The fourth-order valence-corrected chi connectivity index (χ4v) is 3.66. The molecule has 0 unspecified atom stereocenters. The summed E-state index contributed by atoms with van der Waals surface area (Å²) in [5.74, 6) is -0.464. The molecule has 2 aromatic rings. The van der Waals surface area contributed by atoms with Crippen LogP contribution in [0.1, 0.15) is 11.4 Å². The van der Waals surface area contributed by atoms with Crippen LogP contribution in [0.4, 0.5) is 5.69 Å². The molecule has 1 amide bonds. The normalized spacial score (nSPS) is 11.4. The zero-order valence-electron chi connectivity index (χ0n) is 12.0. The molecule has 0 saturated carbocycles. The van der Waals surface area contributed by atoms with E-state index in [1.54, 1.807) is 32.0 Å². The number of carbonyl (C=O) groups excluding carboxylic acids is 1. The van der Waals surface area contributed by atoms with Gasteiger partial charge in [-0.15, -0.1) is 0 Å². The van der Waals surface area contributed by atoms with Crippen molar-refractivity contribution >= 4 is 37.5 Å². The maximum atomic E-state index is 12.2. The molecule has 0 fully saturated rings. The number of halogens is 1. The maximum absolute atomic E-state index is 12.2. The highest BCUT2D eigenvalue weighted by atomic mass is 79.9. The van der Waals surface area contributed by atoms with Crippen LogP contribution in [-0.4, -0.2) is 31.1 Å². The van der Waals surface area contributed by atoms with Crippen LogP contribution in [0.25, 0.3) is 0 Å². The lowest BCUT2D eigenvalue weighted by Crippen LogP contribution is -2.33. The van der Waals surface area contributed by atoms with E-state index < -0.39 is 15.9 Å². The van der Waals surface area contributed by atoms with Gasteiger partial charge in [0, 0.05) is 4.47 Å². The summed E-state index contributed by atoms with van der Waals surface area (Å²) in [6, 6.07) is 7.06. The number of aryl methyl sites for hydroxylation is 2. The summed E-state index contributed by atoms with van der Waals surface area (Å²) < 4.78 is 27.4. The molecule has 22 heavy (non-hydrogen) atoms. The first-order valence-electron chi connectivity index (χ1n) is 6.37. The van der Waals surface area contributed by atoms with Gasteiger partial charge in [-0.2, -0.15) is 5.10 Å². The Morgan fingerprint density at radius 1 is 1.32 bits per heavy atom. The number of nitrogens with zero attached hydrogens (tertiary/aromatic N) is 1. The molecular formula is C13H15BrN4O3S. The Hall–Kier alpha value is -1.71. The smallest absolute Gasteiger partial charge is 0.244 e. The van der Waals surface area contributed by atoms with Gasteiger partial charge < -0.3 is 5.32 Å². The first-order chi connectivity index (χ1) is 10.3. The number of H-pyrrole nitrogens is 1. The Bertz CT molecular complexity index is 782. The molecule has 1 aromatic carbocycles. The fraction of sp³-hybridized carbons (Fsp3) is 0.231. The van der Waals surface area contributed by atoms with Crippen LogP contribution in [0.2, 0.25) is 0 Å². The Kier molecular flexibility index (Phi) is 4.99. The van der Waals surface area contributed by atoms with Gasteiger partial charge in [-0.25, -0.2) is 13.1 Å². The van der Waals surface area contributed by atoms with Gasteiger partial charge in [-0.1, -0.05) is 12.1 Å². The van der Waals surface area contributed by atoms with E-state index in [0.29, 0.717) is 21.5 Å². The summed E-state index contributed by atoms with van der Waals surface area (Å²) in [6.07, 6.45) is 0. The summed E-state index contributed by atoms with van der Waals surface area (Å²) in [7, 11) is -3.79. The van der Waals surface area contributed by atoms with E-state index >= 15 is 0 Å². The summed E-state index contributed by atoms with van der Waals surface area (Å²) in [6.45, 7) is 2.82. The largest absolute Gasteiger partial charge is 0.324 e. The van der Waals surface area contributed by atoms with E-state index in [9.17, 15) is 13.2 Å². The van der Waals surface area contributed by atoms with Gasteiger partial charge in [-0.3, -0.25) is 9.89 Å². The minimum Gasteiger partial charge on any atom is -0.324 e. The number of amides is 1. The summed E-state index contributed by atoms with van der Waals surface area (Å²) >= 11 is 3.30. The highest BCUT2D eigenvalue weighted by Crippen LogP contribution is 2.21. The first kappa shape index (κ1) is 16.7. The molecule has 0 saturated heterocycles. The number of para-hydroxylation sites is 1. The average molecular weight is 387 g/mol. The van der Waals surface area contributed by atoms with Crippen LogP contribution in [0.3, 0.4) is 0 Å². The van der Waals surface area contributed by atoms with Crippen LogP contribution in [-0.2, 0) is 14.8 Å². The fourth-order valence-electron chi connectivity index (χ4n) is 1.93. The lowest BCUT2D eigenvalue weighted by molar-refractivity contribution is -0.115. The quantitative estimate of drug-likeness (QED) is 0.727. The van der Waals surface area contributed by atoms with Gasteiger partial charge in [0.2, 0.25) is 15.9 Å². The predicted molar refractivity (Wildman–Crippen MR) is 86.0 cm³/mol. The Balaban J connectivity index is 2.04. The van der Waals surface area contributed by atoms with Crippen molar-refractivity contribution in [2.24, 2.45) is 0 Å². The van der Waals surface area contributed by atoms with Gasteiger partial charge >= 0.3 is 0 Å². The molecule has 7 nitrogen and oxygen atoms in total. The number of nitrogens with one attached hydrogen (secondary N) is 3. The summed E-state index contributed by atoms with van der Waals surface area (Å²) in [4.78, 5) is 11.9. The molecular weight excluding hydrogens is 372 g/mol. The number of carbonyl (C=O) groups is 1. The third-order valence-electron chi connectivity index (χ3n) is 2.90. The van der Waals surface area contributed by atoms with Crippen LogP contribution < -0.4 is 10.0 Å². The number of sulfonamides is 1. The van der Waals surface area contributed by atoms with Gasteiger partial charge in [0.25, 0.3) is 0 Å². The van der Waals surface area contributed by atoms with Gasteiger partial charge in [-0.05, 0) is 41.9 Å². The lowest BCUT2D eigenvalue weighted by atomic mass is 10.3. The highest BCUT2D eigenvalue weighted by Gasteiger charge is 2.22. The number of aromatic nitrogens is 2.